The van der Waals surface area contributed by atoms with Crippen LogP contribution in [0.25, 0.3) is 0 Å². The van der Waals surface area contributed by atoms with Gasteiger partial charge in [-0.3, -0.25) is 11.3 Å². The van der Waals surface area contributed by atoms with Gasteiger partial charge in [0.15, 0.2) is 5.82 Å². The van der Waals surface area contributed by atoms with Crippen LogP contribution in [0, 0.1) is 0 Å². The van der Waals surface area contributed by atoms with Crippen molar-refractivity contribution < 1.29 is 0 Å². The quantitative estimate of drug-likeness (QED) is 0.642. The summed E-state index contributed by atoms with van der Waals surface area (Å²) in [6.45, 7) is 0. The van der Waals surface area contributed by atoms with E-state index in [1.165, 1.54) is 32.3 Å². The van der Waals surface area contributed by atoms with Gasteiger partial charge in [0.2, 0.25) is 0 Å². The molecule has 1 aliphatic heterocycles. The van der Waals surface area contributed by atoms with Crippen LogP contribution in [0.15, 0.2) is 6.07 Å². The zero-order valence-corrected chi connectivity index (χ0v) is 12.3. The third-order valence-corrected chi connectivity index (χ3v) is 5.49. The van der Waals surface area contributed by atoms with Crippen molar-refractivity contribution in [1.82, 2.24) is 25.6 Å². The first kappa shape index (κ1) is 13.0. The molecule has 0 saturated carbocycles. The van der Waals surface area contributed by atoms with Crippen LogP contribution in [0.2, 0.25) is 0 Å². The largest absolute Gasteiger partial charge is 0.271 e. The van der Waals surface area contributed by atoms with Gasteiger partial charge in [-0.15, -0.1) is 21.5 Å². The number of hydrogen-bond donors (Lipinski definition) is 2. The smallest absolute Gasteiger partial charge is 0.176 e. The summed E-state index contributed by atoms with van der Waals surface area (Å²) in [6.07, 6.45) is 1.84. The van der Waals surface area contributed by atoms with Gasteiger partial charge in [-0.2, -0.15) is 16.6 Å². The molecule has 3 N–H and O–H groups in total. The number of hydrogen-bond acceptors (Lipinski definition) is 7. The highest BCUT2D eigenvalue weighted by Crippen LogP contribution is 2.34. The number of tetrazole rings is 1. The summed E-state index contributed by atoms with van der Waals surface area (Å²) in [7, 11) is 1.77. The average molecular weight is 296 g/mol. The molecule has 0 spiro atoms. The second-order valence-corrected chi connectivity index (χ2v) is 6.79. The van der Waals surface area contributed by atoms with E-state index in [4.69, 9.17) is 5.84 Å². The van der Waals surface area contributed by atoms with Gasteiger partial charge in [0.1, 0.15) is 0 Å². The summed E-state index contributed by atoms with van der Waals surface area (Å²) in [5, 5.41) is 12.1. The van der Waals surface area contributed by atoms with Gasteiger partial charge in [0.25, 0.3) is 0 Å². The second-order valence-electron chi connectivity index (χ2n) is 4.52. The molecule has 0 bridgehead atoms. The molecule has 0 radical (unpaired) electrons. The maximum Gasteiger partial charge on any atom is 0.176 e. The minimum absolute atomic E-state index is 0.0600. The summed E-state index contributed by atoms with van der Waals surface area (Å²) in [5.41, 5.74) is 4.33. The van der Waals surface area contributed by atoms with Gasteiger partial charge in [0, 0.05) is 21.9 Å². The molecule has 2 aromatic rings. The fourth-order valence-corrected chi connectivity index (χ4v) is 4.61. The lowest BCUT2D eigenvalue weighted by atomic mass is 10.1. The minimum atomic E-state index is 0.0600. The van der Waals surface area contributed by atoms with Crippen LogP contribution < -0.4 is 11.3 Å². The maximum atomic E-state index is 5.69. The lowest BCUT2D eigenvalue weighted by Crippen LogP contribution is -2.29. The Morgan fingerprint density at radius 3 is 3.16 bits per heavy atom. The number of aromatic nitrogens is 4. The Labute approximate surface area is 119 Å². The zero-order valence-electron chi connectivity index (χ0n) is 10.7. The molecular weight excluding hydrogens is 280 g/mol. The van der Waals surface area contributed by atoms with Gasteiger partial charge in [-0.1, -0.05) is 0 Å². The van der Waals surface area contributed by atoms with Crippen molar-refractivity contribution in [3.05, 3.63) is 27.2 Å². The first-order valence-electron chi connectivity index (χ1n) is 6.14. The molecule has 0 aromatic carbocycles. The van der Waals surface area contributed by atoms with E-state index in [9.17, 15) is 0 Å². The summed E-state index contributed by atoms with van der Waals surface area (Å²) < 4.78 is 0. The van der Waals surface area contributed by atoms with Crippen molar-refractivity contribution >= 4 is 23.1 Å². The number of nitrogens with one attached hydrogen (secondary N) is 1. The Morgan fingerprint density at radius 1 is 1.58 bits per heavy atom. The molecule has 0 aliphatic carbocycles. The van der Waals surface area contributed by atoms with E-state index in [1.807, 2.05) is 23.1 Å². The van der Waals surface area contributed by atoms with Crippen molar-refractivity contribution in [2.24, 2.45) is 12.9 Å². The number of nitrogens with zero attached hydrogens (tertiary/aromatic N) is 4. The topological polar surface area (TPSA) is 81.7 Å². The normalized spacial score (nSPS) is 16.3. The Balaban J connectivity index is 1.79. The third-order valence-electron chi connectivity index (χ3n) is 3.13. The van der Waals surface area contributed by atoms with E-state index < -0.39 is 0 Å². The first-order valence-corrected chi connectivity index (χ1v) is 8.11. The number of fused-ring (bicyclic) bond motifs is 1. The second kappa shape index (κ2) is 5.58. The number of rotatable bonds is 4. The van der Waals surface area contributed by atoms with Crippen LogP contribution >= 0.6 is 23.1 Å². The Hall–Kier alpha value is -0.960. The average Bonchev–Trinajstić information content (AvgIpc) is 3.01. The zero-order chi connectivity index (χ0) is 13.2. The highest BCUT2D eigenvalue weighted by molar-refractivity contribution is 7.98. The van der Waals surface area contributed by atoms with Gasteiger partial charge < -0.3 is 0 Å². The molecular formula is C11H16N6S2. The van der Waals surface area contributed by atoms with Crippen LogP contribution in [0.5, 0.6) is 0 Å². The molecule has 3 heterocycles. The van der Waals surface area contributed by atoms with Crippen molar-refractivity contribution in [1.29, 1.82) is 0 Å². The number of hydrazine groups is 1. The molecule has 0 amide bonds. The summed E-state index contributed by atoms with van der Waals surface area (Å²) in [4.78, 5) is 4.24. The predicted molar refractivity (Wildman–Crippen MR) is 76.8 cm³/mol. The van der Waals surface area contributed by atoms with E-state index in [1.54, 1.807) is 7.05 Å². The third kappa shape index (κ3) is 2.81. The van der Waals surface area contributed by atoms with Crippen LogP contribution in [0.1, 0.15) is 27.2 Å². The maximum absolute atomic E-state index is 5.69. The molecule has 102 valence electrons. The number of nitrogens with two attached hydrogens (primary N) is 1. The van der Waals surface area contributed by atoms with Crippen LogP contribution in [0.3, 0.4) is 0 Å². The van der Waals surface area contributed by atoms with E-state index in [2.05, 4.69) is 26.9 Å². The molecule has 2 aromatic heterocycles. The predicted octanol–water partition coefficient (Wildman–Crippen LogP) is 0.808. The first-order chi connectivity index (χ1) is 9.26. The Morgan fingerprint density at radius 2 is 2.47 bits per heavy atom. The van der Waals surface area contributed by atoms with Crippen LogP contribution in [-0.2, 0) is 25.6 Å². The molecule has 1 unspecified atom stereocenters. The van der Waals surface area contributed by atoms with Gasteiger partial charge in [-0.05, 0) is 29.0 Å². The van der Waals surface area contributed by atoms with E-state index in [0.717, 1.165) is 5.75 Å². The Bertz CT molecular complexity index is 540. The van der Waals surface area contributed by atoms with E-state index >= 15 is 0 Å². The van der Waals surface area contributed by atoms with Crippen molar-refractivity contribution in [2.75, 3.05) is 5.75 Å². The minimum Gasteiger partial charge on any atom is -0.271 e. The van der Waals surface area contributed by atoms with Crippen LogP contribution in [-0.4, -0.2) is 26.0 Å². The number of thiophene rings is 1. The van der Waals surface area contributed by atoms with Crippen molar-refractivity contribution in [3.63, 3.8) is 0 Å². The standard InChI is InChI=1S/C11H16N6S2/c1-17-15-11(14-16-17)5-8(13-12)10-4-7-6-18-3-2-9(7)19-10/h4,8,13H,2-3,5-6,12H2,1H3. The van der Waals surface area contributed by atoms with Crippen molar-refractivity contribution in [3.8, 4) is 0 Å². The molecule has 6 nitrogen and oxygen atoms in total. The van der Waals surface area contributed by atoms with Crippen LogP contribution in [0.4, 0.5) is 0 Å². The molecule has 1 aliphatic rings. The summed E-state index contributed by atoms with van der Waals surface area (Å²) in [6, 6.07) is 2.33. The van der Waals surface area contributed by atoms with Gasteiger partial charge in [0.05, 0.1) is 13.1 Å². The SMILES string of the molecule is Cn1nnc(CC(NN)c2cc3c(s2)CCSC3)n1. The number of aryl methyl sites for hydroxylation is 2. The highest BCUT2D eigenvalue weighted by Gasteiger charge is 2.20. The van der Waals surface area contributed by atoms with Crippen molar-refractivity contribution in [2.45, 2.75) is 24.6 Å². The lowest BCUT2D eigenvalue weighted by Gasteiger charge is -2.11. The van der Waals surface area contributed by atoms with E-state index in [0.29, 0.717) is 12.2 Å². The molecule has 0 saturated heterocycles. The summed E-state index contributed by atoms with van der Waals surface area (Å²) >= 11 is 3.85. The fourth-order valence-electron chi connectivity index (χ4n) is 2.17. The summed E-state index contributed by atoms with van der Waals surface area (Å²) in [5.74, 6) is 8.74. The molecule has 8 heteroatoms. The fraction of sp³-hybridized carbons (Fsp3) is 0.545. The van der Waals surface area contributed by atoms with Gasteiger partial charge >= 0.3 is 0 Å². The molecule has 1 atom stereocenters. The molecule has 3 rings (SSSR count). The lowest BCUT2D eigenvalue weighted by molar-refractivity contribution is 0.544. The van der Waals surface area contributed by atoms with Gasteiger partial charge in [-0.25, -0.2) is 0 Å². The Kier molecular flexibility index (Phi) is 3.83. The highest BCUT2D eigenvalue weighted by atomic mass is 32.2. The molecule has 19 heavy (non-hydrogen) atoms. The monoisotopic (exact) mass is 296 g/mol. The molecule has 0 fully saturated rings. The number of thioether (sulfide) groups is 1. The van der Waals surface area contributed by atoms with E-state index in [-0.39, 0.29) is 6.04 Å².